The summed E-state index contributed by atoms with van der Waals surface area (Å²) in [6, 6.07) is -1.07. The van der Waals surface area contributed by atoms with Crippen LogP contribution in [0.1, 0.15) is 11.6 Å². The first-order valence-electron chi connectivity index (χ1n) is 3.81. The van der Waals surface area contributed by atoms with Gasteiger partial charge in [0.15, 0.2) is 0 Å². The Morgan fingerprint density at radius 1 is 1.50 bits per heavy atom. The van der Waals surface area contributed by atoms with Crippen LogP contribution in [0.2, 0.25) is 15.2 Å². The summed E-state index contributed by atoms with van der Waals surface area (Å²) in [6.45, 7) is 0. The minimum atomic E-state index is -1.07. The van der Waals surface area contributed by atoms with Gasteiger partial charge in [0.25, 0.3) is 0 Å². The molecule has 0 radical (unpaired) electrons. The lowest BCUT2D eigenvalue weighted by Gasteiger charge is -2.13. The number of carbonyl (C=O) groups excluding carboxylic acids is 1. The Kier molecular flexibility index (Phi) is 6.36. The van der Waals surface area contributed by atoms with Gasteiger partial charge < -0.3 is 10.5 Å². The topological polar surface area (TPSA) is 65.2 Å². The largest absolute Gasteiger partial charge is 0.468 e. The number of halogens is 4. The molecule has 0 aliphatic carbocycles. The molecule has 1 heterocycles. The van der Waals surface area contributed by atoms with E-state index in [2.05, 4.69) is 9.72 Å². The van der Waals surface area contributed by atoms with Crippen molar-refractivity contribution in [2.75, 3.05) is 7.11 Å². The van der Waals surface area contributed by atoms with Crippen LogP contribution in [0.25, 0.3) is 0 Å². The molecule has 1 rings (SSSR count). The van der Waals surface area contributed by atoms with Crippen LogP contribution in [-0.2, 0) is 9.53 Å². The summed E-state index contributed by atoms with van der Waals surface area (Å²) in [4.78, 5) is 14.9. The summed E-state index contributed by atoms with van der Waals surface area (Å²) in [5, 5.41) is 0.264. The fourth-order valence-electron chi connectivity index (χ4n) is 0.985. The molecular weight excluding hydrogens is 298 g/mol. The quantitative estimate of drug-likeness (QED) is 0.674. The normalized spacial score (nSPS) is 11.6. The highest BCUT2D eigenvalue weighted by atomic mass is 35.5. The number of nitrogens with two attached hydrogens (primary N) is 1. The smallest absolute Gasteiger partial charge is 0.327 e. The second-order valence-corrected chi connectivity index (χ2v) is 3.77. The van der Waals surface area contributed by atoms with Gasteiger partial charge in [0.2, 0.25) is 0 Å². The highest BCUT2D eigenvalue weighted by molar-refractivity contribution is 6.43. The standard InChI is InChI=1S/C8H7Cl3N2O2.ClH/c1-15-8(14)6(12)4-3(9)2-13-7(11)5(4)10;/h2,6H,12H2,1H3;1H/t6-;/m0./s1. The molecule has 2 N–H and O–H groups in total. The summed E-state index contributed by atoms with van der Waals surface area (Å²) in [5.74, 6) is -0.652. The van der Waals surface area contributed by atoms with E-state index in [9.17, 15) is 4.79 Å². The Morgan fingerprint density at radius 3 is 2.56 bits per heavy atom. The molecule has 90 valence electrons. The predicted molar refractivity (Wildman–Crippen MR) is 65.5 cm³/mol. The Morgan fingerprint density at radius 2 is 2.06 bits per heavy atom. The fourth-order valence-corrected chi connectivity index (χ4v) is 1.71. The van der Waals surface area contributed by atoms with Crippen molar-refractivity contribution in [1.82, 2.24) is 4.98 Å². The van der Waals surface area contributed by atoms with Crippen molar-refractivity contribution in [3.8, 4) is 0 Å². The lowest BCUT2D eigenvalue weighted by atomic mass is 10.1. The molecule has 1 aromatic rings. The van der Waals surface area contributed by atoms with E-state index >= 15 is 0 Å². The van der Waals surface area contributed by atoms with E-state index in [-0.39, 0.29) is 33.2 Å². The number of nitrogens with zero attached hydrogens (tertiary/aromatic N) is 1. The van der Waals surface area contributed by atoms with E-state index in [1.807, 2.05) is 0 Å². The van der Waals surface area contributed by atoms with Crippen LogP contribution in [0.4, 0.5) is 0 Å². The molecule has 0 bridgehead atoms. The van der Waals surface area contributed by atoms with Gasteiger partial charge in [-0.25, -0.2) is 4.98 Å². The molecule has 1 atom stereocenters. The molecular formula is C8H8Cl4N2O2. The van der Waals surface area contributed by atoms with Gasteiger partial charge in [0, 0.05) is 11.8 Å². The maximum absolute atomic E-state index is 11.2. The second-order valence-electron chi connectivity index (χ2n) is 2.63. The number of aromatic nitrogens is 1. The van der Waals surface area contributed by atoms with Gasteiger partial charge >= 0.3 is 5.97 Å². The molecule has 0 saturated heterocycles. The number of hydrogen-bond donors (Lipinski definition) is 1. The van der Waals surface area contributed by atoms with Gasteiger partial charge in [-0.2, -0.15) is 0 Å². The van der Waals surface area contributed by atoms with Crippen LogP contribution >= 0.6 is 47.2 Å². The molecule has 0 aromatic carbocycles. The highest BCUT2D eigenvalue weighted by Crippen LogP contribution is 2.33. The van der Waals surface area contributed by atoms with Crippen molar-refractivity contribution in [1.29, 1.82) is 0 Å². The van der Waals surface area contributed by atoms with Crippen molar-refractivity contribution >= 4 is 53.2 Å². The fraction of sp³-hybridized carbons (Fsp3) is 0.250. The summed E-state index contributed by atoms with van der Waals surface area (Å²) in [6.07, 6.45) is 1.27. The van der Waals surface area contributed by atoms with E-state index < -0.39 is 12.0 Å². The lowest BCUT2D eigenvalue weighted by Crippen LogP contribution is -2.23. The Hall–Kier alpha value is -0.260. The number of carbonyl (C=O) groups is 1. The van der Waals surface area contributed by atoms with E-state index in [1.54, 1.807) is 0 Å². The van der Waals surface area contributed by atoms with Gasteiger partial charge in [-0.3, -0.25) is 4.79 Å². The van der Waals surface area contributed by atoms with Gasteiger partial charge in [0.05, 0.1) is 17.2 Å². The van der Waals surface area contributed by atoms with Crippen LogP contribution in [-0.4, -0.2) is 18.1 Å². The van der Waals surface area contributed by atoms with E-state index in [1.165, 1.54) is 13.3 Å². The maximum Gasteiger partial charge on any atom is 0.327 e. The molecule has 16 heavy (non-hydrogen) atoms. The number of esters is 1. The average Bonchev–Trinajstić information content (AvgIpc) is 2.22. The number of rotatable bonds is 2. The molecule has 0 amide bonds. The minimum absolute atomic E-state index is 0. The van der Waals surface area contributed by atoms with Crippen molar-refractivity contribution in [3.05, 3.63) is 27.0 Å². The molecule has 0 spiro atoms. The van der Waals surface area contributed by atoms with Crippen molar-refractivity contribution in [2.24, 2.45) is 5.73 Å². The zero-order valence-electron chi connectivity index (χ0n) is 8.04. The number of hydrogen-bond acceptors (Lipinski definition) is 4. The molecule has 0 unspecified atom stereocenters. The van der Waals surface area contributed by atoms with Crippen molar-refractivity contribution in [2.45, 2.75) is 6.04 Å². The molecule has 0 saturated carbocycles. The Labute approximate surface area is 113 Å². The number of methoxy groups -OCH3 is 1. The molecule has 0 fully saturated rings. The first kappa shape index (κ1) is 15.7. The molecule has 8 heteroatoms. The Balaban J connectivity index is 0.00000225. The van der Waals surface area contributed by atoms with Crippen LogP contribution in [0.15, 0.2) is 6.20 Å². The van der Waals surface area contributed by atoms with Gasteiger partial charge in [-0.05, 0) is 0 Å². The SMILES string of the molecule is COC(=O)[C@@H](N)c1c(Cl)cnc(Cl)c1Cl.Cl. The van der Waals surface area contributed by atoms with E-state index in [0.717, 1.165) is 0 Å². The van der Waals surface area contributed by atoms with Crippen molar-refractivity contribution < 1.29 is 9.53 Å². The summed E-state index contributed by atoms with van der Waals surface area (Å²) >= 11 is 17.3. The number of ether oxygens (including phenoxy) is 1. The third-order valence-corrected chi connectivity index (χ3v) is 2.80. The van der Waals surface area contributed by atoms with E-state index in [4.69, 9.17) is 40.5 Å². The zero-order valence-corrected chi connectivity index (χ0v) is 11.1. The predicted octanol–water partition coefficient (Wildman–Crippen LogP) is 2.64. The Bertz CT molecular complexity index is 400. The third kappa shape index (κ3) is 3.12. The summed E-state index contributed by atoms with van der Waals surface area (Å²) < 4.78 is 4.47. The van der Waals surface area contributed by atoms with Crippen LogP contribution < -0.4 is 5.73 Å². The minimum Gasteiger partial charge on any atom is -0.468 e. The van der Waals surface area contributed by atoms with Crippen LogP contribution in [0.5, 0.6) is 0 Å². The van der Waals surface area contributed by atoms with Gasteiger partial charge in [-0.1, -0.05) is 34.8 Å². The zero-order chi connectivity index (χ0) is 11.6. The van der Waals surface area contributed by atoms with Crippen LogP contribution in [0.3, 0.4) is 0 Å². The summed E-state index contributed by atoms with van der Waals surface area (Å²) in [5.41, 5.74) is 5.80. The summed E-state index contributed by atoms with van der Waals surface area (Å²) in [7, 11) is 1.22. The van der Waals surface area contributed by atoms with Gasteiger partial charge in [0.1, 0.15) is 11.2 Å². The first-order chi connectivity index (χ1) is 6.99. The van der Waals surface area contributed by atoms with Crippen LogP contribution in [0, 0.1) is 0 Å². The molecule has 0 aliphatic heterocycles. The maximum atomic E-state index is 11.2. The number of pyridine rings is 1. The monoisotopic (exact) mass is 304 g/mol. The highest BCUT2D eigenvalue weighted by Gasteiger charge is 2.24. The average molecular weight is 306 g/mol. The molecule has 4 nitrogen and oxygen atoms in total. The second kappa shape index (κ2) is 6.47. The van der Waals surface area contributed by atoms with E-state index in [0.29, 0.717) is 0 Å². The molecule has 1 aromatic heterocycles. The third-order valence-electron chi connectivity index (χ3n) is 1.73. The van der Waals surface area contributed by atoms with Crippen molar-refractivity contribution in [3.63, 3.8) is 0 Å². The lowest BCUT2D eigenvalue weighted by molar-refractivity contribution is -0.142. The molecule has 0 aliphatic rings. The van der Waals surface area contributed by atoms with Gasteiger partial charge in [-0.15, -0.1) is 12.4 Å². The first-order valence-corrected chi connectivity index (χ1v) is 4.95.